The first-order chi connectivity index (χ1) is 12.2. The molecule has 0 unspecified atom stereocenters. The Kier molecular flexibility index (Phi) is 5.52. The minimum atomic E-state index is 0.594. The van der Waals surface area contributed by atoms with Crippen molar-refractivity contribution in [2.75, 3.05) is 7.05 Å². The van der Waals surface area contributed by atoms with Crippen molar-refractivity contribution in [3.63, 3.8) is 0 Å². The summed E-state index contributed by atoms with van der Waals surface area (Å²) in [5, 5.41) is 3.24. The fraction of sp³-hybridized carbons (Fsp3) is 0.217. The first-order valence-electron chi connectivity index (χ1n) is 8.69. The summed E-state index contributed by atoms with van der Waals surface area (Å²) >= 11 is 0. The van der Waals surface area contributed by atoms with Crippen LogP contribution in [-0.4, -0.2) is 7.05 Å². The van der Waals surface area contributed by atoms with Crippen LogP contribution in [-0.2, 0) is 13.2 Å². The van der Waals surface area contributed by atoms with Crippen molar-refractivity contribution in [1.29, 1.82) is 0 Å². The summed E-state index contributed by atoms with van der Waals surface area (Å²) in [7, 11) is 1.99. The van der Waals surface area contributed by atoms with Crippen LogP contribution in [0.3, 0.4) is 0 Å². The summed E-state index contributed by atoms with van der Waals surface area (Å²) in [5.41, 5.74) is 7.69. The molecular formula is C23H25NO. The molecule has 0 saturated carbocycles. The quantitative estimate of drug-likeness (QED) is 0.664. The third-order valence-corrected chi connectivity index (χ3v) is 4.49. The summed E-state index contributed by atoms with van der Waals surface area (Å²) in [6.07, 6.45) is 0. The van der Waals surface area contributed by atoms with Gasteiger partial charge in [0.1, 0.15) is 12.4 Å². The minimum Gasteiger partial charge on any atom is -0.489 e. The Balaban J connectivity index is 1.74. The molecule has 2 nitrogen and oxygen atoms in total. The van der Waals surface area contributed by atoms with Crippen molar-refractivity contribution in [3.05, 3.63) is 89.0 Å². The van der Waals surface area contributed by atoms with Crippen molar-refractivity contribution in [2.45, 2.75) is 27.0 Å². The number of aryl methyl sites for hydroxylation is 2. The lowest BCUT2D eigenvalue weighted by molar-refractivity contribution is 0.306. The smallest absolute Gasteiger partial charge is 0.119 e. The van der Waals surface area contributed by atoms with Crippen molar-refractivity contribution in [2.24, 2.45) is 0 Å². The highest BCUT2D eigenvalue weighted by molar-refractivity contribution is 5.67. The third-order valence-electron chi connectivity index (χ3n) is 4.49. The summed E-state index contributed by atoms with van der Waals surface area (Å²) in [5.74, 6) is 0.896. The molecule has 0 radical (unpaired) electrons. The van der Waals surface area contributed by atoms with Crippen LogP contribution >= 0.6 is 0 Å². The van der Waals surface area contributed by atoms with E-state index in [1.165, 1.54) is 33.4 Å². The number of rotatable bonds is 6. The molecule has 128 valence electrons. The highest BCUT2D eigenvalue weighted by Gasteiger charge is 2.06. The van der Waals surface area contributed by atoms with Crippen molar-refractivity contribution < 1.29 is 4.74 Å². The van der Waals surface area contributed by atoms with Crippen LogP contribution in [0.1, 0.15) is 22.3 Å². The van der Waals surface area contributed by atoms with Crippen LogP contribution in [0.2, 0.25) is 0 Å². The zero-order chi connectivity index (χ0) is 17.6. The van der Waals surface area contributed by atoms with E-state index >= 15 is 0 Å². The van der Waals surface area contributed by atoms with E-state index in [9.17, 15) is 0 Å². The Morgan fingerprint density at radius 1 is 0.800 bits per heavy atom. The molecule has 0 heterocycles. The molecule has 25 heavy (non-hydrogen) atoms. The third kappa shape index (κ3) is 4.28. The molecule has 0 spiro atoms. The van der Waals surface area contributed by atoms with Gasteiger partial charge in [0.25, 0.3) is 0 Å². The van der Waals surface area contributed by atoms with E-state index in [2.05, 4.69) is 55.6 Å². The van der Waals surface area contributed by atoms with Gasteiger partial charge in [0.2, 0.25) is 0 Å². The lowest BCUT2D eigenvalue weighted by Gasteiger charge is -2.13. The molecule has 0 amide bonds. The van der Waals surface area contributed by atoms with E-state index in [1.54, 1.807) is 0 Å². The fourth-order valence-electron chi connectivity index (χ4n) is 3.10. The summed E-state index contributed by atoms with van der Waals surface area (Å²) in [6.45, 7) is 5.86. The largest absolute Gasteiger partial charge is 0.489 e. The van der Waals surface area contributed by atoms with E-state index in [1.807, 2.05) is 37.4 Å². The lowest BCUT2D eigenvalue weighted by atomic mass is 9.95. The fourth-order valence-corrected chi connectivity index (χ4v) is 3.10. The Hall–Kier alpha value is -2.58. The van der Waals surface area contributed by atoms with Crippen LogP contribution in [0.5, 0.6) is 5.75 Å². The summed E-state index contributed by atoms with van der Waals surface area (Å²) in [4.78, 5) is 0. The van der Waals surface area contributed by atoms with E-state index in [0.717, 1.165) is 12.3 Å². The molecule has 2 heteroatoms. The van der Waals surface area contributed by atoms with Crippen LogP contribution in [0.15, 0.2) is 66.7 Å². The minimum absolute atomic E-state index is 0.594. The number of benzene rings is 3. The van der Waals surface area contributed by atoms with Gasteiger partial charge in [-0.05, 0) is 66.4 Å². The molecule has 0 bridgehead atoms. The Morgan fingerprint density at radius 3 is 2.04 bits per heavy atom. The topological polar surface area (TPSA) is 21.3 Å². The van der Waals surface area contributed by atoms with Gasteiger partial charge in [0.05, 0.1) is 0 Å². The van der Waals surface area contributed by atoms with Crippen LogP contribution < -0.4 is 10.1 Å². The second kappa shape index (κ2) is 8.00. The van der Waals surface area contributed by atoms with Gasteiger partial charge in [0.15, 0.2) is 0 Å². The van der Waals surface area contributed by atoms with Crippen LogP contribution in [0.4, 0.5) is 0 Å². The molecular weight excluding hydrogens is 306 g/mol. The lowest BCUT2D eigenvalue weighted by Crippen LogP contribution is -2.08. The molecule has 3 aromatic carbocycles. The molecule has 0 aliphatic heterocycles. The molecule has 0 aliphatic carbocycles. The van der Waals surface area contributed by atoms with Gasteiger partial charge in [-0.15, -0.1) is 0 Å². The number of hydrogen-bond acceptors (Lipinski definition) is 2. The highest BCUT2D eigenvalue weighted by Crippen LogP contribution is 2.27. The molecule has 0 aromatic heterocycles. The van der Waals surface area contributed by atoms with Crippen LogP contribution in [0.25, 0.3) is 11.1 Å². The number of nitrogens with one attached hydrogen (secondary N) is 1. The molecule has 3 rings (SSSR count). The SMILES string of the molecule is CNCc1c(C)cc(-c2ccc(OCc3ccccc3)cc2)cc1C. The number of hydrogen-bond donors (Lipinski definition) is 1. The molecule has 3 aromatic rings. The Morgan fingerprint density at radius 2 is 1.44 bits per heavy atom. The maximum atomic E-state index is 5.87. The molecule has 0 saturated heterocycles. The van der Waals surface area contributed by atoms with Crippen molar-refractivity contribution in [1.82, 2.24) is 5.32 Å². The second-order valence-corrected chi connectivity index (χ2v) is 6.42. The van der Waals surface area contributed by atoms with E-state index < -0.39 is 0 Å². The zero-order valence-electron chi connectivity index (χ0n) is 15.2. The predicted molar refractivity (Wildman–Crippen MR) is 105 cm³/mol. The molecule has 1 N–H and O–H groups in total. The van der Waals surface area contributed by atoms with Gasteiger partial charge in [-0.2, -0.15) is 0 Å². The summed E-state index contributed by atoms with van der Waals surface area (Å²) < 4.78 is 5.87. The standard InChI is InChI=1S/C23H25NO/c1-17-13-21(14-18(2)23(17)15-24-3)20-9-11-22(12-10-20)25-16-19-7-5-4-6-8-19/h4-14,24H,15-16H2,1-3H3. The molecule has 0 aliphatic rings. The van der Waals surface area contributed by atoms with Gasteiger partial charge in [-0.25, -0.2) is 0 Å². The van der Waals surface area contributed by atoms with Gasteiger partial charge < -0.3 is 10.1 Å². The Bertz CT molecular complexity index is 799. The maximum Gasteiger partial charge on any atom is 0.119 e. The first-order valence-corrected chi connectivity index (χ1v) is 8.69. The predicted octanol–water partition coefficient (Wildman–Crippen LogP) is 5.27. The van der Waals surface area contributed by atoms with Gasteiger partial charge in [0, 0.05) is 6.54 Å². The highest BCUT2D eigenvalue weighted by atomic mass is 16.5. The van der Waals surface area contributed by atoms with Crippen molar-refractivity contribution >= 4 is 0 Å². The zero-order valence-corrected chi connectivity index (χ0v) is 15.2. The molecule has 0 atom stereocenters. The van der Waals surface area contributed by atoms with Crippen molar-refractivity contribution in [3.8, 4) is 16.9 Å². The normalized spacial score (nSPS) is 10.7. The average Bonchev–Trinajstić information content (AvgIpc) is 2.64. The summed E-state index contributed by atoms with van der Waals surface area (Å²) in [6, 6.07) is 23.1. The molecule has 0 fully saturated rings. The first kappa shape index (κ1) is 17.2. The number of ether oxygens (including phenoxy) is 1. The van der Waals surface area contributed by atoms with Gasteiger partial charge >= 0.3 is 0 Å². The van der Waals surface area contributed by atoms with E-state index in [4.69, 9.17) is 4.74 Å². The van der Waals surface area contributed by atoms with E-state index in [-0.39, 0.29) is 0 Å². The van der Waals surface area contributed by atoms with Crippen LogP contribution in [0, 0.1) is 13.8 Å². The Labute approximate surface area is 150 Å². The second-order valence-electron chi connectivity index (χ2n) is 6.42. The average molecular weight is 331 g/mol. The monoisotopic (exact) mass is 331 g/mol. The van der Waals surface area contributed by atoms with Gasteiger partial charge in [-0.3, -0.25) is 0 Å². The van der Waals surface area contributed by atoms with E-state index in [0.29, 0.717) is 6.61 Å². The maximum absolute atomic E-state index is 5.87. The van der Waals surface area contributed by atoms with Gasteiger partial charge in [-0.1, -0.05) is 54.6 Å².